The first-order valence-corrected chi connectivity index (χ1v) is 15.7. The third kappa shape index (κ3) is 4.36. The van der Waals surface area contributed by atoms with Crippen molar-refractivity contribution in [2.24, 2.45) is 0 Å². The van der Waals surface area contributed by atoms with Crippen LogP contribution in [0.25, 0.3) is 88.4 Å². The Morgan fingerprint density at radius 3 is 1.62 bits per heavy atom. The minimum absolute atomic E-state index is 0.583. The van der Waals surface area contributed by atoms with E-state index in [1.54, 1.807) is 6.07 Å². The van der Waals surface area contributed by atoms with E-state index >= 15 is 0 Å². The summed E-state index contributed by atoms with van der Waals surface area (Å²) in [6.07, 6.45) is 0. The summed E-state index contributed by atoms with van der Waals surface area (Å²) in [4.78, 5) is 0. The molecule has 0 radical (unpaired) electrons. The van der Waals surface area contributed by atoms with Crippen LogP contribution in [0, 0.1) is 22.7 Å². The first-order chi connectivity index (χ1) is 23.7. The van der Waals surface area contributed by atoms with Crippen molar-refractivity contribution in [2.75, 3.05) is 0 Å². The normalized spacial score (nSPS) is 11.3. The van der Waals surface area contributed by atoms with Gasteiger partial charge in [0.15, 0.2) is 0 Å². The number of para-hydroxylation sites is 1. The largest absolute Gasteiger partial charge is 0.456 e. The minimum Gasteiger partial charge on any atom is -0.456 e. The predicted molar refractivity (Wildman–Crippen MR) is 192 cm³/mol. The molecule has 0 fully saturated rings. The summed E-state index contributed by atoms with van der Waals surface area (Å²) >= 11 is 0. The molecule has 0 aliphatic carbocycles. The fourth-order valence-corrected chi connectivity index (χ4v) is 6.91. The number of fused-ring (bicyclic) bond motifs is 6. The van der Waals surface area contributed by atoms with Crippen molar-refractivity contribution in [1.29, 1.82) is 10.5 Å². The van der Waals surface area contributed by atoms with Gasteiger partial charge in [0.1, 0.15) is 22.3 Å². The van der Waals surface area contributed by atoms with Gasteiger partial charge in [0.05, 0.1) is 23.3 Å². The molecule has 0 amide bonds. The Hall–Kier alpha value is -6.88. The van der Waals surface area contributed by atoms with Crippen LogP contribution in [0.1, 0.15) is 11.1 Å². The van der Waals surface area contributed by atoms with E-state index in [2.05, 4.69) is 78.9 Å². The Kier molecular flexibility index (Phi) is 6.22. The molecule has 0 aliphatic rings. The highest BCUT2D eigenvalue weighted by Gasteiger charge is 2.20. The molecule has 0 N–H and O–H groups in total. The van der Waals surface area contributed by atoms with Gasteiger partial charge < -0.3 is 8.83 Å². The minimum atomic E-state index is 0.583. The smallest absolute Gasteiger partial charge is 0.135 e. The molecule has 0 spiro atoms. The van der Waals surface area contributed by atoms with Crippen molar-refractivity contribution in [3.8, 4) is 56.6 Å². The van der Waals surface area contributed by atoms with Gasteiger partial charge in [0, 0.05) is 21.5 Å². The highest BCUT2D eigenvalue weighted by Crippen LogP contribution is 2.46. The molecule has 0 aliphatic heterocycles. The SMILES string of the molecule is N#Cc1ccc2oc3ccc(-c4cc(-c5ccccc5C#N)cc(-c5ccc6oc7ccccc7c6c5)c4-c4ccccc4)cc3c2c1. The Balaban J connectivity index is 1.39. The van der Waals surface area contributed by atoms with Crippen LogP contribution < -0.4 is 0 Å². The lowest BCUT2D eigenvalue weighted by Gasteiger charge is -2.19. The van der Waals surface area contributed by atoms with Gasteiger partial charge >= 0.3 is 0 Å². The maximum atomic E-state index is 10.1. The van der Waals surface area contributed by atoms with Crippen molar-refractivity contribution >= 4 is 43.9 Å². The van der Waals surface area contributed by atoms with Gasteiger partial charge in [-0.3, -0.25) is 0 Å². The summed E-state index contributed by atoms with van der Waals surface area (Å²) < 4.78 is 12.4. The number of hydrogen-bond acceptors (Lipinski definition) is 4. The second kappa shape index (κ2) is 10.9. The van der Waals surface area contributed by atoms with E-state index in [0.29, 0.717) is 11.1 Å². The fraction of sp³-hybridized carbons (Fsp3) is 0. The standard InChI is InChI=1S/C44H24N2O2/c45-25-27-14-17-41-37(20-27)39-22-30(16-19-43(39)48-41)36-24-32(33-11-5-4-10-31(33)26-46)23-35(44(36)28-8-2-1-3-9-28)29-15-18-42-38(21-29)34-12-6-7-13-40(34)47-42/h1-24H. The van der Waals surface area contributed by atoms with E-state index in [9.17, 15) is 10.5 Å². The van der Waals surface area contributed by atoms with Crippen LogP contribution in [0.15, 0.2) is 154 Å². The Morgan fingerprint density at radius 1 is 0.375 bits per heavy atom. The monoisotopic (exact) mass is 612 g/mol. The average Bonchev–Trinajstić information content (AvgIpc) is 3.71. The highest BCUT2D eigenvalue weighted by atomic mass is 16.3. The van der Waals surface area contributed by atoms with Gasteiger partial charge in [0.25, 0.3) is 0 Å². The van der Waals surface area contributed by atoms with Crippen LogP contribution in [0.3, 0.4) is 0 Å². The first kappa shape index (κ1) is 27.4. The second-order valence-electron chi connectivity index (χ2n) is 11.9. The summed E-state index contributed by atoms with van der Waals surface area (Å²) in [5.41, 5.74) is 12.4. The molecular formula is C44H24N2O2. The van der Waals surface area contributed by atoms with Crippen LogP contribution in [-0.2, 0) is 0 Å². The summed E-state index contributed by atoms with van der Waals surface area (Å²) in [5, 5.41) is 23.7. The number of nitrogens with zero attached hydrogens (tertiary/aromatic N) is 2. The quantitative estimate of drug-likeness (QED) is 0.198. The zero-order valence-electron chi connectivity index (χ0n) is 25.6. The fourth-order valence-electron chi connectivity index (χ4n) is 6.91. The van der Waals surface area contributed by atoms with Crippen molar-refractivity contribution in [3.05, 3.63) is 157 Å². The van der Waals surface area contributed by atoms with E-state index in [0.717, 1.165) is 88.4 Å². The third-order valence-electron chi connectivity index (χ3n) is 9.16. The van der Waals surface area contributed by atoms with Crippen LogP contribution >= 0.6 is 0 Å². The molecular weight excluding hydrogens is 588 g/mol. The van der Waals surface area contributed by atoms with Crippen molar-refractivity contribution in [3.63, 3.8) is 0 Å². The molecule has 9 rings (SSSR count). The first-order valence-electron chi connectivity index (χ1n) is 15.7. The van der Waals surface area contributed by atoms with Crippen LogP contribution in [0.2, 0.25) is 0 Å². The molecule has 7 aromatic carbocycles. The molecule has 0 bridgehead atoms. The van der Waals surface area contributed by atoms with Crippen molar-refractivity contribution < 1.29 is 8.83 Å². The lowest BCUT2D eigenvalue weighted by atomic mass is 9.83. The summed E-state index contributed by atoms with van der Waals surface area (Å²) in [6.45, 7) is 0. The number of rotatable bonds is 4. The predicted octanol–water partition coefficient (Wildman–Crippen LogP) is 11.9. The van der Waals surface area contributed by atoms with Gasteiger partial charge in [0.2, 0.25) is 0 Å². The lowest BCUT2D eigenvalue weighted by molar-refractivity contribution is 0.668. The van der Waals surface area contributed by atoms with Gasteiger partial charge in [-0.15, -0.1) is 0 Å². The number of furan rings is 2. The zero-order chi connectivity index (χ0) is 32.2. The molecule has 2 aromatic heterocycles. The Bertz CT molecular complexity index is 2810. The third-order valence-corrected chi connectivity index (χ3v) is 9.16. The van der Waals surface area contributed by atoms with Crippen LogP contribution in [-0.4, -0.2) is 0 Å². The van der Waals surface area contributed by atoms with Crippen LogP contribution in [0.5, 0.6) is 0 Å². The van der Waals surface area contributed by atoms with Gasteiger partial charge in [-0.2, -0.15) is 10.5 Å². The maximum absolute atomic E-state index is 10.1. The van der Waals surface area contributed by atoms with Crippen molar-refractivity contribution in [1.82, 2.24) is 0 Å². The Morgan fingerprint density at radius 2 is 0.938 bits per heavy atom. The number of nitriles is 2. The second-order valence-corrected chi connectivity index (χ2v) is 11.9. The van der Waals surface area contributed by atoms with Gasteiger partial charge in [-0.1, -0.05) is 78.9 Å². The van der Waals surface area contributed by atoms with Gasteiger partial charge in [-0.05, 0) is 111 Å². The van der Waals surface area contributed by atoms with E-state index in [4.69, 9.17) is 8.83 Å². The molecule has 48 heavy (non-hydrogen) atoms. The van der Waals surface area contributed by atoms with Crippen LogP contribution in [0.4, 0.5) is 0 Å². The summed E-state index contributed by atoms with van der Waals surface area (Å²) in [5.74, 6) is 0. The number of benzene rings is 7. The topological polar surface area (TPSA) is 73.9 Å². The molecule has 0 saturated heterocycles. The molecule has 4 heteroatoms. The zero-order valence-corrected chi connectivity index (χ0v) is 25.6. The van der Waals surface area contributed by atoms with E-state index < -0.39 is 0 Å². The Labute approximate surface area is 275 Å². The average molecular weight is 613 g/mol. The molecule has 9 aromatic rings. The molecule has 0 unspecified atom stereocenters. The molecule has 4 nitrogen and oxygen atoms in total. The lowest BCUT2D eigenvalue weighted by Crippen LogP contribution is -1.94. The maximum Gasteiger partial charge on any atom is 0.135 e. The molecule has 222 valence electrons. The molecule has 0 saturated carbocycles. The van der Waals surface area contributed by atoms with Gasteiger partial charge in [-0.25, -0.2) is 0 Å². The van der Waals surface area contributed by atoms with E-state index in [1.807, 2.05) is 72.8 Å². The van der Waals surface area contributed by atoms with Crippen molar-refractivity contribution in [2.45, 2.75) is 0 Å². The van der Waals surface area contributed by atoms with E-state index in [1.165, 1.54) is 0 Å². The molecule has 2 heterocycles. The molecule has 0 atom stereocenters. The van der Waals surface area contributed by atoms with E-state index in [-0.39, 0.29) is 0 Å². The summed E-state index contributed by atoms with van der Waals surface area (Å²) in [7, 11) is 0. The number of hydrogen-bond donors (Lipinski definition) is 0. The summed E-state index contributed by atoms with van der Waals surface area (Å²) in [6, 6.07) is 53.5. The highest BCUT2D eigenvalue weighted by molar-refractivity contribution is 6.10.